The van der Waals surface area contributed by atoms with Gasteiger partial charge in [-0.15, -0.1) is 0 Å². The van der Waals surface area contributed by atoms with E-state index in [1.165, 1.54) is 0 Å². The van der Waals surface area contributed by atoms with Crippen molar-refractivity contribution >= 4 is 0 Å². The van der Waals surface area contributed by atoms with Crippen molar-refractivity contribution in [2.45, 2.75) is 19.0 Å². The van der Waals surface area contributed by atoms with Crippen molar-refractivity contribution in [3.05, 3.63) is 0 Å². The molecule has 0 radical (unpaired) electrons. The molecule has 0 saturated carbocycles. The van der Waals surface area contributed by atoms with Crippen LogP contribution in [-0.4, -0.2) is 24.2 Å². The monoisotopic (exact) mass is 125 g/mol. The Bertz CT molecular complexity index is 60.0. The smallest absolute Gasteiger partial charge is 0.264 e. The second-order valence-electron chi connectivity index (χ2n) is 1.48. The quantitative estimate of drug-likeness (QED) is 0.556. The molecule has 4 heteroatoms. The second-order valence-corrected chi connectivity index (χ2v) is 1.48. The van der Waals surface area contributed by atoms with Gasteiger partial charge < -0.3 is 10.8 Å². The summed E-state index contributed by atoms with van der Waals surface area (Å²) in [5.41, 5.74) is 4.87. The van der Waals surface area contributed by atoms with Gasteiger partial charge in [-0.25, -0.2) is 8.78 Å². The fourth-order valence-corrected chi connectivity index (χ4v) is 0.297. The average molecular weight is 125 g/mol. The first kappa shape index (κ1) is 7.78. The molecule has 1 atom stereocenters. The van der Waals surface area contributed by atoms with Crippen LogP contribution in [0.3, 0.4) is 0 Å². The maximum Gasteiger partial charge on any atom is 0.264 e. The molecule has 0 heterocycles. The number of alkyl halides is 2. The predicted molar refractivity (Wildman–Crippen MR) is 25.7 cm³/mol. The van der Waals surface area contributed by atoms with Gasteiger partial charge >= 0.3 is 0 Å². The normalized spacial score (nSPS) is 14.6. The molecule has 50 valence electrons. The van der Waals surface area contributed by atoms with Crippen molar-refractivity contribution in [2.75, 3.05) is 6.54 Å². The third-order valence-electron chi connectivity index (χ3n) is 0.753. The van der Waals surface area contributed by atoms with Crippen LogP contribution in [0.25, 0.3) is 0 Å². The summed E-state index contributed by atoms with van der Waals surface area (Å²) in [5, 5.41) is 8.30. The van der Waals surface area contributed by atoms with Gasteiger partial charge in [0.15, 0.2) is 0 Å². The van der Waals surface area contributed by atoms with Crippen molar-refractivity contribution in [3.63, 3.8) is 0 Å². The Kier molecular flexibility index (Phi) is 3.64. The number of hydrogen-bond acceptors (Lipinski definition) is 2. The van der Waals surface area contributed by atoms with Crippen molar-refractivity contribution in [1.29, 1.82) is 0 Å². The van der Waals surface area contributed by atoms with E-state index in [1.54, 1.807) is 0 Å². The highest BCUT2D eigenvalue weighted by Crippen LogP contribution is 2.02. The van der Waals surface area contributed by atoms with Crippen molar-refractivity contribution in [2.24, 2.45) is 5.73 Å². The molecule has 0 aliphatic rings. The number of hydrogen-bond donors (Lipinski definition) is 2. The van der Waals surface area contributed by atoms with E-state index in [2.05, 4.69) is 0 Å². The molecule has 0 aromatic heterocycles. The summed E-state index contributed by atoms with van der Waals surface area (Å²) < 4.78 is 22.6. The van der Waals surface area contributed by atoms with E-state index in [1.807, 2.05) is 0 Å². The Balaban J connectivity index is 3.17. The molecule has 0 fully saturated rings. The zero-order valence-electron chi connectivity index (χ0n) is 4.35. The average Bonchev–Trinajstić information content (AvgIpc) is 1.67. The lowest BCUT2D eigenvalue weighted by Gasteiger charge is -2.04. The molecule has 0 aliphatic carbocycles. The van der Waals surface area contributed by atoms with E-state index in [0.29, 0.717) is 0 Å². The van der Waals surface area contributed by atoms with Crippen LogP contribution in [0.5, 0.6) is 0 Å². The summed E-state index contributed by atoms with van der Waals surface area (Å²) in [6, 6.07) is 0. The highest BCUT2D eigenvalue weighted by atomic mass is 19.3. The molecule has 0 saturated heterocycles. The van der Waals surface area contributed by atoms with Gasteiger partial charge in [-0.2, -0.15) is 0 Å². The summed E-state index contributed by atoms with van der Waals surface area (Å²) in [5.74, 6) is 0. The van der Waals surface area contributed by atoms with Gasteiger partial charge in [0.1, 0.15) is 6.10 Å². The Morgan fingerprint density at radius 3 is 2.12 bits per heavy atom. The van der Waals surface area contributed by atoms with Gasteiger partial charge in [0.25, 0.3) is 6.43 Å². The highest BCUT2D eigenvalue weighted by Gasteiger charge is 2.14. The third-order valence-corrected chi connectivity index (χ3v) is 0.753. The van der Waals surface area contributed by atoms with E-state index in [4.69, 9.17) is 10.8 Å². The van der Waals surface area contributed by atoms with Crippen molar-refractivity contribution in [1.82, 2.24) is 0 Å². The highest BCUT2D eigenvalue weighted by molar-refractivity contribution is 4.56. The number of aliphatic hydroxyl groups excluding tert-OH is 1. The maximum absolute atomic E-state index is 11.3. The molecule has 0 aliphatic heterocycles. The van der Waals surface area contributed by atoms with E-state index >= 15 is 0 Å². The first-order chi connectivity index (χ1) is 3.68. The summed E-state index contributed by atoms with van der Waals surface area (Å²) >= 11 is 0. The molecule has 2 nitrogen and oxygen atoms in total. The molecule has 0 spiro atoms. The molecule has 1 unspecified atom stereocenters. The number of nitrogens with two attached hydrogens (primary N) is 1. The standard InChI is InChI=1S/C4H9F2NO/c5-4(6)3(8)1-2-7/h3-4,8H,1-2,7H2. The summed E-state index contributed by atoms with van der Waals surface area (Å²) in [7, 11) is 0. The molecule has 0 rings (SSSR count). The Hall–Kier alpha value is -0.220. The van der Waals surface area contributed by atoms with Crippen LogP contribution in [-0.2, 0) is 0 Å². The van der Waals surface area contributed by atoms with Crippen LogP contribution < -0.4 is 5.73 Å². The van der Waals surface area contributed by atoms with Gasteiger partial charge in [0.2, 0.25) is 0 Å². The largest absolute Gasteiger partial charge is 0.387 e. The first-order valence-electron chi connectivity index (χ1n) is 2.34. The number of halogens is 2. The van der Waals surface area contributed by atoms with Crippen LogP contribution in [0.4, 0.5) is 8.78 Å². The lowest BCUT2D eigenvalue weighted by atomic mass is 10.3. The first-order valence-corrected chi connectivity index (χ1v) is 2.34. The lowest BCUT2D eigenvalue weighted by Crippen LogP contribution is -2.20. The molecule has 0 aromatic rings. The van der Waals surface area contributed by atoms with Gasteiger partial charge in [-0.1, -0.05) is 0 Å². The third kappa shape index (κ3) is 2.87. The van der Waals surface area contributed by atoms with Crippen molar-refractivity contribution < 1.29 is 13.9 Å². The molecular formula is C4H9F2NO. The van der Waals surface area contributed by atoms with Crippen LogP contribution in [0.2, 0.25) is 0 Å². The maximum atomic E-state index is 11.3. The predicted octanol–water partition coefficient (Wildman–Crippen LogP) is -0.0388. The van der Waals surface area contributed by atoms with E-state index in [9.17, 15) is 8.78 Å². The molecule has 0 bridgehead atoms. The number of aliphatic hydroxyl groups is 1. The number of rotatable bonds is 3. The molecular weight excluding hydrogens is 116 g/mol. The Morgan fingerprint density at radius 1 is 1.50 bits per heavy atom. The van der Waals surface area contributed by atoms with E-state index < -0.39 is 12.5 Å². The van der Waals surface area contributed by atoms with Crippen molar-refractivity contribution in [3.8, 4) is 0 Å². The molecule has 0 aromatic carbocycles. The second kappa shape index (κ2) is 3.74. The molecule has 8 heavy (non-hydrogen) atoms. The minimum atomic E-state index is -2.65. The van der Waals surface area contributed by atoms with Crippen LogP contribution in [0.1, 0.15) is 6.42 Å². The summed E-state index contributed by atoms with van der Waals surface area (Å²) in [6.07, 6.45) is -4.23. The lowest BCUT2D eigenvalue weighted by molar-refractivity contribution is -0.00727. The van der Waals surface area contributed by atoms with Crippen LogP contribution >= 0.6 is 0 Å². The topological polar surface area (TPSA) is 46.2 Å². The minimum absolute atomic E-state index is 0.0301. The molecule has 3 N–H and O–H groups in total. The Morgan fingerprint density at radius 2 is 2.00 bits per heavy atom. The van der Waals surface area contributed by atoms with E-state index in [-0.39, 0.29) is 13.0 Å². The minimum Gasteiger partial charge on any atom is -0.387 e. The van der Waals surface area contributed by atoms with Gasteiger partial charge in [0, 0.05) is 0 Å². The zero-order valence-corrected chi connectivity index (χ0v) is 4.35. The summed E-state index contributed by atoms with van der Waals surface area (Å²) in [4.78, 5) is 0. The van der Waals surface area contributed by atoms with Crippen LogP contribution in [0, 0.1) is 0 Å². The van der Waals surface area contributed by atoms with Gasteiger partial charge in [-0.05, 0) is 13.0 Å². The fourth-order valence-electron chi connectivity index (χ4n) is 0.297. The molecule has 0 amide bonds. The van der Waals surface area contributed by atoms with Gasteiger partial charge in [-0.3, -0.25) is 0 Å². The van der Waals surface area contributed by atoms with E-state index in [0.717, 1.165) is 0 Å². The SMILES string of the molecule is NCCC(O)C(F)F. The summed E-state index contributed by atoms with van der Waals surface area (Å²) in [6.45, 7) is 0.103. The fraction of sp³-hybridized carbons (Fsp3) is 1.00. The van der Waals surface area contributed by atoms with Crippen LogP contribution in [0.15, 0.2) is 0 Å². The Labute approximate surface area is 46.3 Å². The zero-order chi connectivity index (χ0) is 6.57. The van der Waals surface area contributed by atoms with Gasteiger partial charge in [0.05, 0.1) is 0 Å².